The maximum atomic E-state index is 12.2. The Hall–Kier alpha value is -1.96. The standard InChI is InChI=1S/C13H20N4O4/c1-2-7-15-9-11(17(20)21)12(18)16(13(15)19)8-3-6-14-10-4-5-10/h9-10,14H,2-8H2,1H3. The molecule has 0 spiro atoms. The van der Waals surface area contributed by atoms with Crippen LogP contribution in [-0.2, 0) is 13.1 Å². The molecule has 21 heavy (non-hydrogen) atoms. The van der Waals surface area contributed by atoms with E-state index < -0.39 is 21.9 Å². The van der Waals surface area contributed by atoms with E-state index in [1.807, 2.05) is 6.92 Å². The van der Waals surface area contributed by atoms with Crippen LogP contribution >= 0.6 is 0 Å². The number of hydrogen-bond donors (Lipinski definition) is 1. The summed E-state index contributed by atoms with van der Waals surface area (Å²) in [5.74, 6) is 0. The minimum Gasteiger partial charge on any atom is -0.314 e. The molecule has 1 aliphatic carbocycles. The first-order chi connectivity index (χ1) is 10.0. The Morgan fingerprint density at radius 3 is 2.67 bits per heavy atom. The molecule has 0 atom stereocenters. The van der Waals surface area contributed by atoms with Crippen LogP contribution in [0.1, 0.15) is 32.6 Å². The van der Waals surface area contributed by atoms with Crippen LogP contribution in [-0.4, -0.2) is 26.6 Å². The number of aryl methyl sites for hydroxylation is 1. The van der Waals surface area contributed by atoms with Gasteiger partial charge in [0.25, 0.3) is 0 Å². The van der Waals surface area contributed by atoms with Crippen molar-refractivity contribution in [2.75, 3.05) is 6.54 Å². The topological polar surface area (TPSA) is 99.2 Å². The predicted octanol–water partition coefficient (Wildman–Crippen LogP) is 0.470. The number of aromatic nitrogens is 2. The van der Waals surface area contributed by atoms with Gasteiger partial charge in [-0.1, -0.05) is 6.92 Å². The van der Waals surface area contributed by atoms with Gasteiger partial charge in [-0.2, -0.15) is 0 Å². The van der Waals surface area contributed by atoms with Gasteiger partial charge in [-0.05, 0) is 32.2 Å². The van der Waals surface area contributed by atoms with Gasteiger partial charge >= 0.3 is 16.9 Å². The third kappa shape index (κ3) is 3.78. The van der Waals surface area contributed by atoms with Gasteiger partial charge in [-0.25, -0.2) is 4.79 Å². The summed E-state index contributed by atoms with van der Waals surface area (Å²) >= 11 is 0. The van der Waals surface area contributed by atoms with Crippen molar-refractivity contribution in [2.45, 2.75) is 51.7 Å². The van der Waals surface area contributed by atoms with E-state index in [4.69, 9.17) is 0 Å². The molecule has 116 valence electrons. The predicted molar refractivity (Wildman–Crippen MR) is 77.5 cm³/mol. The van der Waals surface area contributed by atoms with E-state index in [1.165, 1.54) is 17.4 Å². The highest BCUT2D eigenvalue weighted by Gasteiger charge is 2.21. The summed E-state index contributed by atoms with van der Waals surface area (Å²) in [4.78, 5) is 34.4. The fourth-order valence-electron chi connectivity index (χ4n) is 2.19. The summed E-state index contributed by atoms with van der Waals surface area (Å²) in [6, 6.07) is 0.559. The SMILES string of the molecule is CCCn1cc([N+](=O)[O-])c(=O)n(CCCNC2CC2)c1=O. The molecule has 1 aromatic rings. The molecule has 0 amide bonds. The van der Waals surface area contributed by atoms with Crippen LogP contribution < -0.4 is 16.6 Å². The average molecular weight is 296 g/mol. The van der Waals surface area contributed by atoms with Crippen molar-refractivity contribution in [2.24, 2.45) is 0 Å². The zero-order valence-electron chi connectivity index (χ0n) is 12.1. The molecule has 2 rings (SSSR count). The van der Waals surface area contributed by atoms with E-state index in [-0.39, 0.29) is 6.54 Å². The zero-order valence-corrected chi connectivity index (χ0v) is 12.1. The lowest BCUT2D eigenvalue weighted by Crippen LogP contribution is -2.41. The maximum absolute atomic E-state index is 12.2. The molecule has 0 saturated heterocycles. The van der Waals surface area contributed by atoms with Crippen molar-refractivity contribution >= 4 is 5.69 Å². The van der Waals surface area contributed by atoms with Crippen molar-refractivity contribution in [1.29, 1.82) is 0 Å². The van der Waals surface area contributed by atoms with Gasteiger partial charge in [0, 0.05) is 19.1 Å². The van der Waals surface area contributed by atoms with Gasteiger partial charge in [0.1, 0.15) is 0 Å². The molecule has 1 saturated carbocycles. The maximum Gasteiger partial charge on any atom is 0.350 e. The highest BCUT2D eigenvalue weighted by atomic mass is 16.6. The molecule has 1 aliphatic rings. The van der Waals surface area contributed by atoms with Crippen molar-refractivity contribution in [1.82, 2.24) is 14.5 Å². The molecule has 0 radical (unpaired) electrons. The second-order valence-electron chi connectivity index (χ2n) is 5.29. The van der Waals surface area contributed by atoms with Crippen LogP contribution in [0.3, 0.4) is 0 Å². The first-order valence-corrected chi connectivity index (χ1v) is 7.26. The summed E-state index contributed by atoms with van der Waals surface area (Å²) in [7, 11) is 0. The fraction of sp³-hybridized carbons (Fsp3) is 0.692. The average Bonchev–Trinajstić information content (AvgIpc) is 3.24. The molecule has 1 N–H and O–H groups in total. The number of nitro groups is 1. The van der Waals surface area contributed by atoms with E-state index in [9.17, 15) is 19.7 Å². The van der Waals surface area contributed by atoms with Crippen LogP contribution in [0.2, 0.25) is 0 Å². The Labute approximate surface area is 121 Å². The number of nitrogens with zero attached hydrogens (tertiary/aromatic N) is 3. The van der Waals surface area contributed by atoms with Gasteiger partial charge in [-0.3, -0.25) is 24.0 Å². The smallest absolute Gasteiger partial charge is 0.314 e. The van der Waals surface area contributed by atoms with Crippen LogP contribution in [0, 0.1) is 10.1 Å². The third-order valence-corrected chi connectivity index (χ3v) is 3.45. The minimum absolute atomic E-state index is 0.197. The summed E-state index contributed by atoms with van der Waals surface area (Å²) in [5.41, 5.74) is -1.83. The van der Waals surface area contributed by atoms with Gasteiger partial charge in [0.15, 0.2) is 0 Å². The van der Waals surface area contributed by atoms with E-state index in [2.05, 4.69) is 5.32 Å². The van der Waals surface area contributed by atoms with E-state index in [0.29, 0.717) is 32.0 Å². The first-order valence-electron chi connectivity index (χ1n) is 7.26. The molecule has 8 heteroatoms. The lowest BCUT2D eigenvalue weighted by molar-refractivity contribution is -0.387. The minimum atomic E-state index is -0.816. The lowest BCUT2D eigenvalue weighted by Gasteiger charge is -2.09. The van der Waals surface area contributed by atoms with Crippen molar-refractivity contribution in [3.05, 3.63) is 37.1 Å². The Kier molecular flexibility index (Phi) is 4.89. The Morgan fingerprint density at radius 2 is 2.10 bits per heavy atom. The van der Waals surface area contributed by atoms with Gasteiger partial charge < -0.3 is 5.32 Å². The molecule has 8 nitrogen and oxygen atoms in total. The number of nitrogens with one attached hydrogen (secondary N) is 1. The van der Waals surface area contributed by atoms with Crippen molar-refractivity contribution < 1.29 is 4.92 Å². The van der Waals surface area contributed by atoms with E-state index in [0.717, 1.165) is 10.8 Å². The highest BCUT2D eigenvalue weighted by molar-refractivity contribution is 5.21. The normalized spacial score (nSPS) is 14.3. The van der Waals surface area contributed by atoms with Crippen molar-refractivity contribution in [3.8, 4) is 0 Å². The second-order valence-corrected chi connectivity index (χ2v) is 5.29. The van der Waals surface area contributed by atoms with Gasteiger partial charge in [-0.15, -0.1) is 0 Å². The molecular weight excluding hydrogens is 276 g/mol. The monoisotopic (exact) mass is 296 g/mol. The largest absolute Gasteiger partial charge is 0.350 e. The first kappa shape index (κ1) is 15.4. The number of rotatable bonds is 8. The lowest BCUT2D eigenvalue weighted by atomic mass is 10.4. The fourth-order valence-corrected chi connectivity index (χ4v) is 2.19. The number of hydrogen-bond acceptors (Lipinski definition) is 5. The Morgan fingerprint density at radius 1 is 1.38 bits per heavy atom. The molecule has 0 bridgehead atoms. The molecule has 1 heterocycles. The Balaban J connectivity index is 2.21. The van der Waals surface area contributed by atoms with Crippen LogP contribution in [0.25, 0.3) is 0 Å². The molecular formula is C13H20N4O4. The highest BCUT2D eigenvalue weighted by Crippen LogP contribution is 2.18. The van der Waals surface area contributed by atoms with Crippen LogP contribution in [0.4, 0.5) is 5.69 Å². The van der Waals surface area contributed by atoms with Crippen molar-refractivity contribution in [3.63, 3.8) is 0 Å². The van der Waals surface area contributed by atoms with Crippen LogP contribution in [0.15, 0.2) is 15.8 Å². The summed E-state index contributed by atoms with van der Waals surface area (Å²) in [6.45, 7) is 3.13. The summed E-state index contributed by atoms with van der Waals surface area (Å²) in [5, 5.41) is 14.2. The third-order valence-electron chi connectivity index (χ3n) is 3.45. The molecule has 1 aromatic heterocycles. The second kappa shape index (κ2) is 6.66. The molecule has 0 aromatic carbocycles. The summed E-state index contributed by atoms with van der Waals surface area (Å²) in [6.07, 6.45) is 4.64. The molecule has 1 fully saturated rings. The Bertz CT molecular complexity index is 630. The van der Waals surface area contributed by atoms with Gasteiger partial charge in [0.05, 0.1) is 11.1 Å². The summed E-state index contributed by atoms with van der Waals surface area (Å²) < 4.78 is 2.22. The zero-order chi connectivity index (χ0) is 15.4. The van der Waals surface area contributed by atoms with E-state index >= 15 is 0 Å². The van der Waals surface area contributed by atoms with Crippen LogP contribution in [0.5, 0.6) is 0 Å². The quantitative estimate of drug-likeness (QED) is 0.427. The molecule has 0 aliphatic heterocycles. The molecule has 0 unspecified atom stereocenters. The van der Waals surface area contributed by atoms with E-state index in [1.54, 1.807) is 0 Å². The van der Waals surface area contributed by atoms with Gasteiger partial charge in [0.2, 0.25) is 0 Å².